The fourth-order valence-electron chi connectivity index (χ4n) is 1.40. The molecule has 0 heterocycles. The summed E-state index contributed by atoms with van der Waals surface area (Å²) in [5, 5.41) is 13.0. The van der Waals surface area contributed by atoms with Crippen LogP contribution in [0.1, 0.15) is 10.4 Å². The lowest BCUT2D eigenvalue weighted by atomic mass is 10.1. The molecule has 0 aliphatic rings. The molecule has 20 heavy (non-hydrogen) atoms. The molecule has 0 aliphatic heterocycles. The quantitative estimate of drug-likeness (QED) is 0.370. The number of amides is 1. The van der Waals surface area contributed by atoms with Crippen molar-refractivity contribution < 1.29 is 18.1 Å². The molecule has 0 saturated heterocycles. The Morgan fingerprint density at radius 1 is 1.45 bits per heavy atom. The molecular weight excluding hydrogens is 288 g/mol. The molecule has 4 N–H and O–H groups in total. The number of carbonyl (C=O) groups is 1. The monoisotopic (exact) mass is 302 g/mol. The Morgan fingerprint density at radius 3 is 2.60 bits per heavy atom. The largest absolute Gasteiger partial charge is 0.351 e. The highest BCUT2D eigenvalue weighted by atomic mass is 32.2. The van der Waals surface area contributed by atoms with E-state index in [1.165, 1.54) is 12.1 Å². The molecule has 0 bridgehead atoms. The maximum atomic E-state index is 11.9. The lowest BCUT2D eigenvalue weighted by molar-refractivity contribution is -0.384. The molecule has 0 saturated carbocycles. The smallest absolute Gasteiger partial charge is 0.270 e. The van der Waals surface area contributed by atoms with Crippen LogP contribution in [0.3, 0.4) is 0 Å². The highest BCUT2D eigenvalue weighted by Crippen LogP contribution is 2.21. The average Bonchev–Trinajstić information content (AvgIpc) is 2.36. The number of non-ortho nitro benzene ring substituents is 1. The second-order valence-electron chi connectivity index (χ2n) is 4.02. The number of nitrogens with two attached hydrogens (primary N) is 1. The van der Waals surface area contributed by atoms with E-state index in [1.807, 2.05) is 0 Å². The zero-order valence-corrected chi connectivity index (χ0v) is 11.4. The van der Waals surface area contributed by atoms with E-state index in [0.29, 0.717) is 0 Å². The lowest BCUT2D eigenvalue weighted by Crippen LogP contribution is -2.29. The number of nitro benzene ring substituents is 1. The number of anilines is 1. The lowest BCUT2D eigenvalue weighted by Gasteiger charge is -2.09. The highest BCUT2D eigenvalue weighted by molar-refractivity contribution is 7.90. The van der Waals surface area contributed by atoms with E-state index in [4.69, 9.17) is 5.84 Å². The molecule has 0 atom stereocenters. The van der Waals surface area contributed by atoms with Crippen LogP contribution >= 0.6 is 0 Å². The van der Waals surface area contributed by atoms with Crippen LogP contribution in [-0.2, 0) is 9.84 Å². The molecule has 0 fully saturated rings. The Balaban J connectivity index is 2.90. The van der Waals surface area contributed by atoms with Crippen LogP contribution in [-0.4, -0.2) is 37.8 Å². The SMILES string of the molecule is CS(=O)(=O)CCNC(=O)c1cc([N+](=O)[O-])ccc1NN. The van der Waals surface area contributed by atoms with Crippen molar-refractivity contribution in [3.63, 3.8) is 0 Å². The van der Waals surface area contributed by atoms with E-state index in [1.54, 1.807) is 0 Å². The first-order chi connectivity index (χ1) is 9.24. The van der Waals surface area contributed by atoms with E-state index in [2.05, 4.69) is 10.7 Å². The van der Waals surface area contributed by atoms with Gasteiger partial charge in [0.25, 0.3) is 11.6 Å². The Kier molecular flexibility index (Phi) is 5.00. The predicted molar refractivity (Wildman–Crippen MR) is 73.0 cm³/mol. The zero-order chi connectivity index (χ0) is 15.3. The van der Waals surface area contributed by atoms with Crippen molar-refractivity contribution in [2.24, 2.45) is 5.84 Å². The Hall–Kier alpha value is -2.20. The predicted octanol–water partition coefficient (Wildman–Crippen LogP) is -0.345. The number of benzene rings is 1. The van der Waals surface area contributed by atoms with E-state index in [9.17, 15) is 23.3 Å². The van der Waals surface area contributed by atoms with Crippen LogP contribution in [0.25, 0.3) is 0 Å². The number of nitro groups is 1. The molecular formula is C10H14N4O5S. The van der Waals surface area contributed by atoms with Gasteiger partial charge in [-0.05, 0) is 6.07 Å². The molecule has 1 amide bonds. The second-order valence-corrected chi connectivity index (χ2v) is 6.28. The number of nitrogens with zero attached hydrogens (tertiary/aromatic N) is 1. The summed E-state index contributed by atoms with van der Waals surface area (Å²) in [5.41, 5.74) is 2.15. The van der Waals surface area contributed by atoms with Crippen LogP contribution < -0.4 is 16.6 Å². The third-order valence-corrected chi connectivity index (χ3v) is 3.32. The number of nitrogen functional groups attached to an aromatic ring is 1. The number of hydrogen-bond donors (Lipinski definition) is 3. The van der Waals surface area contributed by atoms with Gasteiger partial charge < -0.3 is 10.7 Å². The minimum Gasteiger partial charge on any atom is -0.351 e. The van der Waals surface area contributed by atoms with E-state index in [-0.39, 0.29) is 29.2 Å². The average molecular weight is 302 g/mol. The molecule has 1 rings (SSSR count). The minimum absolute atomic E-state index is 0.0322. The highest BCUT2D eigenvalue weighted by Gasteiger charge is 2.16. The van der Waals surface area contributed by atoms with Gasteiger partial charge in [-0.1, -0.05) is 0 Å². The van der Waals surface area contributed by atoms with Crippen LogP contribution in [0.2, 0.25) is 0 Å². The van der Waals surface area contributed by atoms with Crippen molar-refractivity contribution >= 4 is 27.1 Å². The third kappa shape index (κ3) is 4.48. The van der Waals surface area contributed by atoms with Gasteiger partial charge in [0.1, 0.15) is 9.84 Å². The Labute approximate surface area is 115 Å². The number of nitrogens with one attached hydrogen (secondary N) is 2. The van der Waals surface area contributed by atoms with E-state index < -0.39 is 20.7 Å². The summed E-state index contributed by atoms with van der Waals surface area (Å²) in [6, 6.07) is 3.55. The minimum atomic E-state index is -3.20. The standard InChI is InChI=1S/C10H14N4O5S/c1-20(18,19)5-4-12-10(15)8-6-7(14(16)17)2-3-9(8)13-11/h2-3,6,13H,4-5,11H2,1H3,(H,12,15). The van der Waals surface area contributed by atoms with Crippen LogP contribution in [0, 0.1) is 10.1 Å². The van der Waals surface area contributed by atoms with Crippen LogP contribution in [0.15, 0.2) is 18.2 Å². The molecule has 10 heteroatoms. The molecule has 1 aromatic carbocycles. The molecule has 9 nitrogen and oxygen atoms in total. The number of hydrogen-bond acceptors (Lipinski definition) is 7. The van der Waals surface area contributed by atoms with Crippen LogP contribution in [0.4, 0.5) is 11.4 Å². The zero-order valence-electron chi connectivity index (χ0n) is 10.6. The molecule has 0 spiro atoms. The van der Waals surface area contributed by atoms with Gasteiger partial charge >= 0.3 is 0 Å². The summed E-state index contributed by atoms with van der Waals surface area (Å²) in [7, 11) is -3.20. The van der Waals surface area contributed by atoms with E-state index >= 15 is 0 Å². The molecule has 0 aliphatic carbocycles. The summed E-state index contributed by atoms with van der Waals surface area (Å²) < 4.78 is 21.9. The summed E-state index contributed by atoms with van der Waals surface area (Å²) >= 11 is 0. The molecule has 0 unspecified atom stereocenters. The number of rotatable bonds is 6. The van der Waals surface area contributed by atoms with Crippen molar-refractivity contribution in [1.82, 2.24) is 5.32 Å². The second kappa shape index (κ2) is 6.30. The summed E-state index contributed by atoms with van der Waals surface area (Å²) in [4.78, 5) is 21.9. The topological polar surface area (TPSA) is 144 Å². The third-order valence-electron chi connectivity index (χ3n) is 2.37. The fraction of sp³-hybridized carbons (Fsp3) is 0.300. The summed E-state index contributed by atoms with van der Waals surface area (Å²) in [6.07, 6.45) is 1.04. The van der Waals surface area contributed by atoms with Gasteiger partial charge in [0.2, 0.25) is 0 Å². The summed E-state index contributed by atoms with van der Waals surface area (Å²) in [6.45, 7) is -0.0929. The number of carbonyl (C=O) groups excluding carboxylic acids is 1. The van der Waals surface area contributed by atoms with Gasteiger partial charge in [-0.15, -0.1) is 0 Å². The van der Waals surface area contributed by atoms with Crippen molar-refractivity contribution in [2.75, 3.05) is 24.0 Å². The van der Waals surface area contributed by atoms with Gasteiger partial charge in [-0.3, -0.25) is 20.8 Å². The van der Waals surface area contributed by atoms with Gasteiger partial charge in [-0.2, -0.15) is 0 Å². The van der Waals surface area contributed by atoms with Gasteiger partial charge in [-0.25, -0.2) is 8.42 Å². The molecule has 0 aromatic heterocycles. The number of sulfone groups is 1. The Morgan fingerprint density at radius 2 is 2.10 bits per heavy atom. The van der Waals surface area contributed by atoms with Crippen LogP contribution in [0.5, 0.6) is 0 Å². The molecule has 110 valence electrons. The fourth-order valence-corrected chi connectivity index (χ4v) is 1.88. The normalized spacial score (nSPS) is 10.9. The first-order valence-electron chi connectivity index (χ1n) is 5.45. The van der Waals surface area contributed by atoms with Crippen molar-refractivity contribution in [1.29, 1.82) is 0 Å². The van der Waals surface area contributed by atoms with E-state index in [0.717, 1.165) is 12.3 Å². The number of hydrazine groups is 1. The maximum absolute atomic E-state index is 11.9. The molecule has 1 aromatic rings. The molecule has 0 radical (unpaired) electrons. The van der Waals surface area contributed by atoms with Crippen molar-refractivity contribution in [2.45, 2.75) is 0 Å². The van der Waals surface area contributed by atoms with Crippen molar-refractivity contribution in [3.8, 4) is 0 Å². The Bertz CT molecular complexity index is 629. The summed E-state index contributed by atoms with van der Waals surface area (Å²) in [5.74, 6) is 4.35. The van der Waals surface area contributed by atoms with Crippen molar-refractivity contribution in [3.05, 3.63) is 33.9 Å². The maximum Gasteiger partial charge on any atom is 0.270 e. The first-order valence-corrected chi connectivity index (χ1v) is 7.51. The van der Waals surface area contributed by atoms with Gasteiger partial charge in [0, 0.05) is 24.9 Å². The van der Waals surface area contributed by atoms with Gasteiger partial charge in [0.05, 0.1) is 21.9 Å². The van der Waals surface area contributed by atoms with Gasteiger partial charge in [0.15, 0.2) is 0 Å². The first kappa shape index (κ1) is 15.9.